The van der Waals surface area contributed by atoms with Crippen molar-refractivity contribution in [2.24, 2.45) is 0 Å². The van der Waals surface area contributed by atoms with E-state index in [1.807, 2.05) is 48.5 Å². The standard InChI is InChI=1S/C20H20N2O5/c1-21(10-14-7-8-17-18(9-14)27-13-26-17)19(23)11-22-16(12-25-20(22)24)15-5-3-2-4-6-15/h2-9,16H,10-13H2,1H3/t16-/m1/s1. The minimum absolute atomic E-state index is 0.0283. The summed E-state index contributed by atoms with van der Waals surface area (Å²) in [6.45, 7) is 0.849. The Morgan fingerprint density at radius 2 is 1.89 bits per heavy atom. The molecule has 2 aromatic carbocycles. The SMILES string of the molecule is CN(Cc1ccc2c(c1)OCO2)C(=O)CN1C(=O)OC[C@@H]1c1ccccc1. The predicted octanol–water partition coefficient (Wildman–Crippen LogP) is 2.57. The number of rotatable bonds is 5. The van der Waals surface area contributed by atoms with Gasteiger partial charge in [0.2, 0.25) is 12.7 Å². The fourth-order valence-electron chi connectivity index (χ4n) is 3.24. The zero-order valence-electron chi connectivity index (χ0n) is 15.0. The molecule has 0 bridgehead atoms. The molecule has 0 aliphatic carbocycles. The first-order valence-corrected chi connectivity index (χ1v) is 8.72. The maximum atomic E-state index is 12.7. The van der Waals surface area contributed by atoms with Crippen LogP contribution in [-0.4, -0.2) is 48.8 Å². The molecule has 0 unspecified atom stereocenters. The fraction of sp³-hybridized carbons (Fsp3) is 0.300. The van der Waals surface area contributed by atoms with E-state index in [9.17, 15) is 9.59 Å². The number of benzene rings is 2. The molecule has 7 heteroatoms. The summed E-state index contributed by atoms with van der Waals surface area (Å²) in [5.41, 5.74) is 1.88. The van der Waals surface area contributed by atoms with E-state index in [-0.39, 0.29) is 31.9 Å². The Morgan fingerprint density at radius 3 is 2.70 bits per heavy atom. The van der Waals surface area contributed by atoms with Crippen LogP contribution in [0.1, 0.15) is 17.2 Å². The smallest absolute Gasteiger partial charge is 0.410 e. The molecule has 0 radical (unpaired) electrons. The lowest BCUT2D eigenvalue weighted by Crippen LogP contribution is -2.39. The molecule has 0 N–H and O–H groups in total. The lowest BCUT2D eigenvalue weighted by Gasteiger charge is -2.24. The summed E-state index contributed by atoms with van der Waals surface area (Å²) in [4.78, 5) is 27.9. The molecule has 2 amide bonds. The minimum Gasteiger partial charge on any atom is -0.454 e. The number of carbonyl (C=O) groups excluding carboxylic acids is 2. The second kappa shape index (κ2) is 7.19. The van der Waals surface area contributed by atoms with Gasteiger partial charge in [-0.1, -0.05) is 36.4 Å². The van der Waals surface area contributed by atoms with E-state index in [1.165, 1.54) is 4.90 Å². The van der Waals surface area contributed by atoms with Gasteiger partial charge in [0.05, 0.1) is 6.04 Å². The van der Waals surface area contributed by atoms with Gasteiger partial charge in [0.1, 0.15) is 13.2 Å². The van der Waals surface area contributed by atoms with E-state index in [0.29, 0.717) is 18.0 Å². The molecule has 2 aromatic rings. The zero-order chi connectivity index (χ0) is 18.8. The average Bonchev–Trinajstić information content (AvgIpc) is 3.29. The summed E-state index contributed by atoms with van der Waals surface area (Å²) < 4.78 is 15.8. The van der Waals surface area contributed by atoms with Gasteiger partial charge in [-0.3, -0.25) is 9.69 Å². The summed E-state index contributed by atoms with van der Waals surface area (Å²) in [6, 6.07) is 14.9. The van der Waals surface area contributed by atoms with Crippen LogP contribution in [0.5, 0.6) is 11.5 Å². The number of fused-ring (bicyclic) bond motifs is 1. The van der Waals surface area contributed by atoms with Gasteiger partial charge in [0.15, 0.2) is 11.5 Å². The molecule has 140 valence electrons. The molecule has 0 spiro atoms. The maximum absolute atomic E-state index is 12.7. The number of nitrogens with zero attached hydrogens (tertiary/aromatic N) is 2. The highest BCUT2D eigenvalue weighted by molar-refractivity contribution is 5.83. The van der Waals surface area contributed by atoms with Crippen LogP contribution < -0.4 is 9.47 Å². The van der Waals surface area contributed by atoms with Crippen molar-refractivity contribution in [3.63, 3.8) is 0 Å². The van der Waals surface area contributed by atoms with Crippen molar-refractivity contribution in [1.29, 1.82) is 0 Å². The van der Waals surface area contributed by atoms with Gasteiger partial charge in [-0.15, -0.1) is 0 Å². The third kappa shape index (κ3) is 3.53. The van der Waals surface area contributed by atoms with Gasteiger partial charge in [0.25, 0.3) is 0 Å². The molecule has 27 heavy (non-hydrogen) atoms. The number of ether oxygens (including phenoxy) is 3. The maximum Gasteiger partial charge on any atom is 0.410 e. The monoisotopic (exact) mass is 368 g/mol. The highest BCUT2D eigenvalue weighted by Gasteiger charge is 2.35. The average molecular weight is 368 g/mol. The largest absolute Gasteiger partial charge is 0.454 e. The highest BCUT2D eigenvalue weighted by atomic mass is 16.7. The molecule has 1 saturated heterocycles. The number of carbonyl (C=O) groups is 2. The summed E-state index contributed by atoms with van der Waals surface area (Å²) >= 11 is 0. The highest BCUT2D eigenvalue weighted by Crippen LogP contribution is 2.33. The Bertz CT molecular complexity index is 855. The molecule has 1 atom stereocenters. The zero-order valence-corrected chi connectivity index (χ0v) is 15.0. The minimum atomic E-state index is -0.464. The third-order valence-electron chi connectivity index (χ3n) is 4.75. The molecule has 7 nitrogen and oxygen atoms in total. The number of likely N-dealkylation sites (N-methyl/N-ethyl adjacent to an activating group) is 1. The van der Waals surface area contributed by atoms with Crippen LogP contribution in [0.3, 0.4) is 0 Å². The quantitative estimate of drug-likeness (QED) is 0.811. The first-order chi connectivity index (χ1) is 13.1. The number of hydrogen-bond donors (Lipinski definition) is 0. The normalized spacial score (nSPS) is 17.7. The van der Waals surface area contributed by atoms with Crippen LogP contribution in [0.4, 0.5) is 4.79 Å². The van der Waals surface area contributed by atoms with Crippen molar-refractivity contribution in [3.05, 3.63) is 59.7 Å². The van der Waals surface area contributed by atoms with Crippen molar-refractivity contribution >= 4 is 12.0 Å². The van der Waals surface area contributed by atoms with Crippen molar-refractivity contribution in [2.75, 3.05) is 27.0 Å². The van der Waals surface area contributed by atoms with Gasteiger partial charge in [0, 0.05) is 13.6 Å². The van der Waals surface area contributed by atoms with Crippen LogP contribution in [0.2, 0.25) is 0 Å². The van der Waals surface area contributed by atoms with Crippen LogP contribution in [-0.2, 0) is 16.1 Å². The second-order valence-electron chi connectivity index (χ2n) is 6.57. The Labute approximate surface area is 157 Å². The van der Waals surface area contributed by atoms with Crippen molar-refractivity contribution in [1.82, 2.24) is 9.80 Å². The van der Waals surface area contributed by atoms with Crippen LogP contribution in [0.15, 0.2) is 48.5 Å². The Balaban J connectivity index is 1.42. The summed E-state index contributed by atoms with van der Waals surface area (Å²) in [6.07, 6.45) is -0.464. The molecule has 2 aliphatic rings. The molecule has 0 saturated carbocycles. The van der Waals surface area contributed by atoms with Crippen LogP contribution in [0, 0.1) is 0 Å². The summed E-state index contributed by atoms with van der Waals surface area (Å²) in [5, 5.41) is 0. The number of cyclic esters (lactones) is 1. The second-order valence-corrected chi connectivity index (χ2v) is 6.57. The van der Waals surface area contributed by atoms with E-state index in [0.717, 1.165) is 11.1 Å². The van der Waals surface area contributed by atoms with Gasteiger partial charge in [-0.2, -0.15) is 0 Å². The van der Waals surface area contributed by atoms with Crippen LogP contribution >= 0.6 is 0 Å². The molecular formula is C20H20N2O5. The van der Waals surface area contributed by atoms with Gasteiger partial charge >= 0.3 is 6.09 Å². The van der Waals surface area contributed by atoms with E-state index in [4.69, 9.17) is 14.2 Å². The van der Waals surface area contributed by atoms with Crippen molar-refractivity contribution in [2.45, 2.75) is 12.6 Å². The molecule has 2 aliphatic heterocycles. The van der Waals surface area contributed by atoms with E-state index in [1.54, 1.807) is 11.9 Å². The van der Waals surface area contributed by atoms with Crippen molar-refractivity contribution < 1.29 is 23.8 Å². The summed E-state index contributed by atoms with van der Waals surface area (Å²) in [7, 11) is 1.71. The van der Waals surface area contributed by atoms with E-state index >= 15 is 0 Å². The van der Waals surface area contributed by atoms with E-state index in [2.05, 4.69) is 0 Å². The van der Waals surface area contributed by atoms with Gasteiger partial charge < -0.3 is 19.1 Å². The van der Waals surface area contributed by atoms with Gasteiger partial charge in [-0.05, 0) is 23.3 Å². The summed E-state index contributed by atoms with van der Waals surface area (Å²) in [5.74, 6) is 1.23. The molecule has 4 rings (SSSR count). The Hall–Kier alpha value is -3.22. The van der Waals surface area contributed by atoms with E-state index < -0.39 is 6.09 Å². The molecule has 1 fully saturated rings. The predicted molar refractivity (Wildman–Crippen MR) is 96.3 cm³/mol. The van der Waals surface area contributed by atoms with Gasteiger partial charge in [-0.25, -0.2) is 4.79 Å². The first kappa shape index (κ1) is 17.2. The Morgan fingerprint density at radius 1 is 1.11 bits per heavy atom. The first-order valence-electron chi connectivity index (χ1n) is 8.72. The topological polar surface area (TPSA) is 68.3 Å². The van der Waals surface area contributed by atoms with Crippen LogP contribution in [0.25, 0.3) is 0 Å². The van der Waals surface area contributed by atoms with Crippen molar-refractivity contribution in [3.8, 4) is 11.5 Å². The molecule has 0 aromatic heterocycles. The fourth-order valence-corrected chi connectivity index (χ4v) is 3.24. The Kier molecular flexibility index (Phi) is 4.58. The number of amides is 2. The lowest BCUT2D eigenvalue weighted by atomic mass is 10.1. The molecule has 2 heterocycles. The molecular weight excluding hydrogens is 348 g/mol. The third-order valence-corrected chi connectivity index (χ3v) is 4.75. The number of hydrogen-bond acceptors (Lipinski definition) is 5. The lowest BCUT2D eigenvalue weighted by molar-refractivity contribution is -0.131.